The quantitative estimate of drug-likeness (QED) is 0.767. The van der Waals surface area contributed by atoms with Gasteiger partial charge in [-0.15, -0.1) is 0 Å². The number of nitrogens with zero attached hydrogens (tertiary/aromatic N) is 2. The second kappa shape index (κ2) is 6.60. The van der Waals surface area contributed by atoms with Crippen molar-refractivity contribution < 1.29 is 13.9 Å². The normalized spacial score (nSPS) is 20.5. The maximum Gasteiger partial charge on any atom is 0.319 e. The van der Waals surface area contributed by atoms with Gasteiger partial charge in [-0.25, -0.2) is 4.79 Å². The number of ether oxygens (including phenoxy) is 1. The second-order valence-corrected chi connectivity index (χ2v) is 6.23. The topological polar surface area (TPSA) is 81.3 Å². The van der Waals surface area contributed by atoms with Crippen molar-refractivity contribution in [3.8, 4) is 0 Å². The number of rotatable bonds is 3. The molecule has 0 aliphatic carbocycles. The fourth-order valence-corrected chi connectivity index (χ4v) is 3.22. The number of fused-ring (bicyclic) bond motifs is 1. The first-order valence-corrected chi connectivity index (χ1v) is 8.33. The van der Waals surface area contributed by atoms with Crippen molar-refractivity contribution in [2.75, 3.05) is 11.9 Å². The molecule has 3 heterocycles. The summed E-state index contributed by atoms with van der Waals surface area (Å²) in [7, 11) is 1.90. The summed E-state index contributed by atoms with van der Waals surface area (Å²) in [6.45, 7) is 0.610. The number of benzene rings is 1. The number of aromatic nitrogens is 2. The van der Waals surface area contributed by atoms with Crippen molar-refractivity contribution in [1.82, 2.24) is 15.1 Å². The van der Waals surface area contributed by atoms with Crippen LogP contribution in [0, 0.1) is 0 Å². The summed E-state index contributed by atoms with van der Waals surface area (Å²) < 4.78 is 13.0. The largest absolute Gasteiger partial charge is 0.464 e. The van der Waals surface area contributed by atoms with E-state index in [4.69, 9.17) is 9.15 Å². The Morgan fingerprint density at radius 1 is 1.32 bits per heavy atom. The van der Waals surface area contributed by atoms with E-state index in [1.165, 1.54) is 0 Å². The summed E-state index contributed by atoms with van der Waals surface area (Å²) in [6, 6.07) is 9.27. The third kappa shape index (κ3) is 3.36. The highest BCUT2D eigenvalue weighted by Crippen LogP contribution is 2.27. The number of nitrogens with one attached hydrogen (secondary N) is 2. The van der Waals surface area contributed by atoms with Crippen LogP contribution in [0.4, 0.5) is 10.5 Å². The van der Waals surface area contributed by atoms with Gasteiger partial charge in [0.15, 0.2) is 0 Å². The second-order valence-electron chi connectivity index (χ2n) is 6.23. The summed E-state index contributed by atoms with van der Waals surface area (Å²) in [5.74, 6) is 0. The van der Waals surface area contributed by atoms with E-state index in [0.29, 0.717) is 12.3 Å². The Kier molecular flexibility index (Phi) is 4.15. The predicted molar refractivity (Wildman–Crippen MR) is 93.3 cm³/mol. The number of furan rings is 1. The molecule has 25 heavy (non-hydrogen) atoms. The Labute approximate surface area is 144 Å². The van der Waals surface area contributed by atoms with Crippen LogP contribution in [0.25, 0.3) is 11.0 Å². The molecule has 0 radical (unpaired) electrons. The summed E-state index contributed by atoms with van der Waals surface area (Å²) >= 11 is 0. The third-order valence-electron chi connectivity index (χ3n) is 4.52. The summed E-state index contributed by atoms with van der Waals surface area (Å²) in [5.41, 5.74) is 2.48. The number of hydrogen-bond acceptors (Lipinski definition) is 4. The van der Waals surface area contributed by atoms with Crippen LogP contribution in [0.15, 0.2) is 47.2 Å². The van der Waals surface area contributed by atoms with Crippen molar-refractivity contribution in [3.63, 3.8) is 0 Å². The van der Waals surface area contributed by atoms with Crippen LogP contribution in [0.3, 0.4) is 0 Å². The molecule has 2 amide bonds. The van der Waals surface area contributed by atoms with Crippen LogP contribution in [0.2, 0.25) is 0 Å². The molecular weight excluding hydrogens is 320 g/mol. The van der Waals surface area contributed by atoms with E-state index in [2.05, 4.69) is 15.7 Å². The third-order valence-corrected chi connectivity index (χ3v) is 4.52. The number of aryl methyl sites for hydroxylation is 1. The van der Waals surface area contributed by atoms with Crippen molar-refractivity contribution in [3.05, 3.63) is 48.5 Å². The molecule has 1 fully saturated rings. The van der Waals surface area contributed by atoms with E-state index in [1.54, 1.807) is 12.5 Å². The SMILES string of the molecule is Cn1nccc1[C@H]1C[C@H](NC(=O)Nc2ccc3ccoc3c2)CCO1. The number of amides is 2. The molecular formula is C18H20N4O3. The van der Waals surface area contributed by atoms with E-state index in [1.807, 2.05) is 42.1 Å². The van der Waals surface area contributed by atoms with Gasteiger partial charge in [0.1, 0.15) is 11.7 Å². The lowest BCUT2D eigenvalue weighted by Crippen LogP contribution is -2.42. The highest BCUT2D eigenvalue weighted by atomic mass is 16.5. The molecule has 1 aliphatic heterocycles. The first-order chi connectivity index (χ1) is 12.2. The molecule has 2 N–H and O–H groups in total. The molecule has 0 bridgehead atoms. The Morgan fingerprint density at radius 3 is 3.08 bits per heavy atom. The van der Waals surface area contributed by atoms with Crippen molar-refractivity contribution >= 4 is 22.7 Å². The smallest absolute Gasteiger partial charge is 0.319 e. The highest BCUT2D eigenvalue weighted by Gasteiger charge is 2.26. The number of carbonyl (C=O) groups excluding carboxylic acids is 1. The van der Waals surface area contributed by atoms with E-state index < -0.39 is 0 Å². The minimum Gasteiger partial charge on any atom is -0.464 e. The van der Waals surface area contributed by atoms with Gasteiger partial charge in [0.05, 0.1) is 12.0 Å². The summed E-state index contributed by atoms with van der Waals surface area (Å²) in [5, 5.41) is 11.1. The lowest BCUT2D eigenvalue weighted by molar-refractivity contribution is -0.00204. The van der Waals surface area contributed by atoms with Gasteiger partial charge in [0, 0.05) is 43.0 Å². The van der Waals surface area contributed by atoms with Crippen LogP contribution in [0.5, 0.6) is 0 Å². The molecule has 0 unspecified atom stereocenters. The fraction of sp³-hybridized carbons (Fsp3) is 0.333. The molecule has 3 aromatic rings. The minimum absolute atomic E-state index is 0.0500. The van der Waals surface area contributed by atoms with Crippen LogP contribution < -0.4 is 10.6 Å². The zero-order chi connectivity index (χ0) is 17.2. The Bertz CT molecular complexity index is 885. The van der Waals surface area contributed by atoms with Crippen LogP contribution in [0.1, 0.15) is 24.6 Å². The molecule has 0 spiro atoms. The average molecular weight is 340 g/mol. The fourth-order valence-electron chi connectivity index (χ4n) is 3.22. The number of urea groups is 1. The van der Waals surface area contributed by atoms with Crippen molar-refractivity contribution in [2.45, 2.75) is 25.0 Å². The average Bonchev–Trinajstić information content (AvgIpc) is 3.23. The van der Waals surface area contributed by atoms with Crippen molar-refractivity contribution in [1.29, 1.82) is 0 Å². The maximum atomic E-state index is 12.3. The van der Waals surface area contributed by atoms with Crippen molar-refractivity contribution in [2.24, 2.45) is 7.05 Å². The number of hydrogen-bond donors (Lipinski definition) is 2. The van der Waals surface area contributed by atoms with Gasteiger partial charge < -0.3 is 19.8 Å². The van der Waals surface area contributed by atoms with E-state index in [0.717, 1.165) is 29.5 Å². The van der Waals surface area contributed by atoms with Crippen LogP contribution in [-0.4, -0.2) is 28.5 Å². The first-order valence-electron chi connectivity index (χ1n) is 8.33. The zero-order valence-electron chi connectivity index (χ0n) is 13.9. The molecule has 130 valence electrons. The number of anilines is 1. The molecule has 2 atom stereocenters. The van der Waals surface area contributed by atoms with Gasteiger partial charge in [0.2, 0.25) is 0 Å². The van der Waals surface area contributed by atoms with Gasteiger partial charge in [0.25, 0.3) is 0 Å². The Hall–Kier alpha value is -2.80. The standard InChI is InChI=1S/C18H20N4O3/c1-22-15(4-7-19-22)17-11-14(6-9-25-17)21-18(23)20-13-3-2-12-5-8-24-16(12)10-13/h2-5,7-8,10,14,17H,6,9,11H2,1H3,(H2,20,21,23)/t14-,17-/m1/s1. The van der Waals surface area contributed by atoms with Gasteiger partial charge in [-0.2, -0.15) is 5.10 Å². The van der Waals surface area contributed by atoms with E-state index >= 15 is 0 Å². The lowest BCUT2D eigenvalue weighted by Gasteiger charge is -2.30. The van der Waals surface area contributed by atoms with Gasteiger partial charge >= 0.3 is 6.03 Å². The molecule has 7 nitrogen and oxygen atoms in total. The van der Waals surface area contributed by atoms with Crippen LogP contribution >= 0.6 is 0 Å². The lowest BCUT2D eigenvalue weighted by atomic mass is 10.0. The van der Waals surface area contributed by atoms with Gasteiger partial charge in [-0.3, -0.25) is 4.68 Å². The van der Waals surface area contributed by atoms with E-state index in [-0.39, 0.29) is 18.2 Å². The Balaban J connectivity index is 1.37. The van der Waals surface area contributed by atoms with Gasteiger partial charge in [-0.05, 0) is 37.1 Å². The molecule has 4 rings (SSSR count). The summed E-state index contributed by atoms with van der Waals surface area (Å²) in [6.07, 6.45) is 4.86. The number of carbonyl (C=O) groups is 1. The molecule has 1 saturated heterocycles. The van der Waals surface area contributed by atoms with Crippen LogP contribution in [-0.2, 0) is 11.8 Å². The molecule has 1 aromatic carbocycles. The highest BCUT2D eigenvalue weighted by molar-refractivity contribution is 5.92. The Morgan fingerprint density at radius 2 is 2.24 bits per heavy atom. The summed E-state index contributed by atoms with van der Waals surface area (Å²) in [4.78, 5) is 12.3. The van der Waals surface area contributed by atoms with Gasteiger partial charge in [-0.1, -0.05) is 0 Å². The molecule has 0 saturated carbocycles. The molecule has 2 aromatic heterocycles. The molecule has 1 aliphatic rings. The predicted octanol–water partition coefficient (Wildman–Crippen LogP) is 3.21. The molecule has 7 heteroatoms. The van der Waals surface area contributed by atoms with E-state index in [9.17, 15) is 4.79 Å². The maximum absolute atomic E-state index is 12.3. The zero-order valence-corrected chi connectivity index (χ0v) is 13.9. The minimum atomic E-state index is -0.221. The monoisotopic (exact) mass is 340 g/mol. The first kappa shape index (κ1) is 15.7.